The van der Waals surface area contributed by atoms with Gasteiger partial charge in [-0.1, -0.05) is 20.8 Å². The molecule has 3 unspecified atom stereocenters. The number of carbonyl (C=O) groups is 2. The van der Waals surface area contributed by atoms with E-state index in [1.54, 1.807) is 24.0 Å². The molecule has 1 saturated carbocycles. The predicted molar refractivity (Wildman–Crippen MR) is 154 cm³/mol. The van der Waals surface area contributed by atoms with Crippen molar-refractivity contribution >= 4 is 11.8 Å². The smallest absolute Gasteiger partial charge is 0.253 e. The van der Waals surface area contributed by atoms with Crippen LogP contribution in [0.3, 0.4) is 0 Å². The van der Waals surface area contributed by atoms with Gasteiger partial charge in [0.05, 0.1) is 18.8 Å². The number of allylic oxidation sites excluding steroid dienone is 2. The number of rotatable bonds is 17. The summed E-state index contributed by atoms with van der Waals surface area (Å²) in [7, 11) is 0. The molecule has 1 fully saturated rings. The summed E-state index contributed by atoms with van der Waals surface area (Å²) in [6, 6.07) is 3.89. The maximum Gasteiger partial charge on any atom is 0.253 e. The maximum absolute atomic E-state index is 14.2. The van der Waals surface area contributed by atoms with Crippen LogP contribution in [0.15, 0.2) is 30.1 Å². The standard InChI is InChI=1S/C31H47F2N3O5/c1-5-8-35(11-12-37)18-25(38)29(39)24(17-20-16-23(32)27-26(20)28(27)33)34-30(40)21-13-19(4)14-22(15-21)31(41)36(9-6-2)10-7-3/h13-16,20,24-29,37-39H,5-12,17-18H2,1-4H3,(H,34,40)/t20?,24-,25-,26?,27+,28?,29-/m0/s1. The number of alkyl halides is 1. The average Bonchev–Trinajstić information content (AvgIpc) is 3.49. The molecule has 1 aromatic carbocycles. The Kier molecular flexibility index (Phi) is 12.3. The summed E-state index contributed by atoms with van der Waals surface area (Å²) in [5, 5.41) is 34.3. The third-order valence-electron chi connectivity index (χ3n) is 8.08. The zero-order chi connectivity index (χ0) is 30.3. The summed E-state index contributed by atoms with van der Waals surface area (Å²) in [5.41, 5.74) is 1.32. The third-order valence-corrected chi connectivity index (χ3v) is 8.08. The monoisotopic (exact) mass is 579 g/mol. The highest BCUT2D eigenvalue weighted by Gasteiger charge is 2.61. The highest BCUT2D eigenvalue weighted by molar-refractivity contribution is 6.00. The van der Waals surface area contributed by atoms with Gasteiger partial charge >= 0.3 is 0 Å². The highest BCUT2D eigenvalue weighted by Crippen LogP contribution is 2.58. The Hall–Kier alpha value is -2.40. The fraction of sp³-hybridized carbons (Fsp3) is 0.677. The summed E-state index contributed by atoms with van der Waals surface area (Å²) >= 11 is 0. The van der Waals surface area contributed by atoms with Gasteiger partial charge < -0.3 is 25.5 Å². The Morgan fingerprint density at radius 3 is 2.20 bits per heavy atom. The molecule has 2 aliphatic rings. The van der Waals surface area contributed by atoms with Crippen molar-refractivity contribution < 1.29 is 33.7 Å². The van der Waals surface area contributed by atoms with Gasteiger partial charge in [0, 0.05) is 49.1 Å². The Morgan fingerprint density at radius 2 is 1.63 bits per heavy atom. The van der Waals surface area contributed by atoms with Crippen LogP contribution in [0.25, 0.3) is 0 Å². The summed E-state index contributed by atoms with van der Waals surface area (Å²) < 4.78 is 28.4. The number of halogens is 2. The van der Waals surface area contributed by atoms with Crippen molar-refractivity contribution in [3.05, 3.63) is 46.8 Å². The molecule has 2 amide bonds. The van der Waals surface area contributed by atoms with E-state index >= 15 is 0 Å². The molecule has 0 aromatic heterocycles. The van der Waals surface area contributed by atoms with Gasteiger partial charge in [-0.15, -0.1) is 0 Å². The number of hydrogen-bond acceptors (Lipinski definition) is 6. The van der Waals surface area contributed by atoms with E-state index in [0.29, 0.717) is 37.3 Å². The van der Waals surface area contributed by atoms with Crippen LogP contribution in [0.1, 0.15) is 72.7 Å². The summed E-state index contributed by atoms with van der Waals surface area (Å²) in [5.74, 6) is -3.05. The number of aryl methyl sites for hydroxylation is 1. The van der Waals surface area contributed by atoms with Gasteiger partial charge in [-0.25, -0.2) is 8.78 Å². The number of carbonyl (C=O) groups excluding carboxylic acids is 2. The molecule has 1 aromatic rings. The molecule has 4 N–H and O–H groups in total. The van der Waals surface area contributed by atoms with Crippen LogP contribution in [0.4, 0.5) is 8.78 Å². The lowest BCUT2D eigenvalue weighted by Gasteiger charge is -2.32. The van der Waals surface area contributed by atoms with Crippen LogP contribution in [-0.4, -0.2) is 101 Å². The summed E-state index contributed by atoms with van der Waals surface area (Å²) in [6.07, 6.45) is -0.206. The van der Waals surface area contributed by atoms with Gasteiger partial charge in [0.2, 0.25) is 0 Å². The lowest BCUT2D eigenvalue weighted by molar-refractivity contribution is -0.0259. The molecule has 41 heavy (non-hydrogen) atoms. The Balaban J connectivity index is 1.83. The van der Waals surface area contributed by atoms with Gasteiger partial charge in [-0.05, 0) is 74.9 Å². The lowest BCUT2D eigenvalue weighted by Crippen LogP contribution is -2.52. The second kappa shape index (κ2) is 15.2. The minimum atomic E-state index is -1.43. The van der Waals surface area contributed by atoms with Crippen LogP contribution in [0.2, 0.25) is 0 Å². The van der Waals surface area contributed by atoms with Crippen LogP contribution in [0, 0.1) is 24.7 Å². The Bertz CT molecular complexity index is 1060. The number of nitrogens with one attached hydrogen (secondary N) is 1. The second-order valence-corrected chi connectivity index (χ2v) is 11.5. The average molecular weight is 580 g/mol. The molecule has 0 aliphatic heterocycles. The first kappa shape index (κ1) is 33.1. The number of aliphatic hydroxyl groups is 3. The molecule has 3 rings (SSSR count). The van der Waals surface area contributed by atoms with Crippen molar-refractivity contribution in [2.24, 2.45) is 17.8 Å². The van der Waals surface area contributed by atoms with Crippen molar-refractivity contribution in [3.63, 3.8) is 0 Å². The zero-order valence-corrected chi connectivity index (χ0v) is 24.7. The van der Waals surface area contributed by atoms with Crippen LogP contribution < -0.4 is 5.32 Å². The van der Waals surface area contributed by atoms with Crippen molar-refractivity contribution in [2.75, 3.05) is 39.3 Å². The molecule has 0 saturated heterocycles. The molecule has 230 valence electrons. The first-order chi connectivity index (χ1) is 19.6. The SMILES string of the molecule is CCCN(CCO)C[C@H](O)[C@@H](O)[C@H](CC1C=C(F)[C@H]2C(F)C12)NC(=O)c1cc(C)cc(C(=O)N(CCC)CCC)c1. The molecule has 10 heteroatoms. The first-order valence-electron chi connectivity index (χ1n) is 15.0. The normalized spacial score (nSPS) is 23.5. The van der Waals surface area contributed by atoms with E-state index in [-0.39, 0.29) is 31.0 Å². The number of aliphatic hydroxyl groups excluding tert-OH is 3. The number of fused-ring (bicyclic) bond motifs is 1. The van der Waals surface area contributed by atoms with Crippen LogP contribution >= 0.6 is 0 Å². The van der Waals surface area contributed by atoms with Gasteiger partial charge in [-0.2, -0.15) is 0 Å². The van der Waals surface area contributed by atoms with Crippen molar-refractivity contribution in [2.45, 2.75) is 77.8 Å². The minimum absolute atomic E-state index is 0.0468. The van der Waals surface area contributed by atoms with Gasteiger partial charge in [0.25, 0.3) is 11.8 Å². The summed E-state index contributed by atoms with van der Waals surface area (Å²) in [6.45, 7) is 9.79. The minimum Gasteiger partial charge on any atom is -0.395 e. The Morgan fingerprint density at radius 1 is 1.00 bits per heavy atom. The summed E-state index contributed by atoms with van der Waals surface area (Å²) in [4.78, 5) is 30.3. The van der Waals surface area contributed by atoms with E-state index in [9.17, 15) is 33.7 Å². The third kappa shape index (κ3) is 8.34. The number of hydrogen-bond donors (Lipinski definition) is 4. The molecule has 2 aliphatic carbocycles. The van der Waals surface area contributed by atoms with E-state index < -0.39 is 53.9 Å². The first-order valence-corrected chi connectivity index (χ1v) is 15.0. The lowest BCUT2D eigenvalue weighted by atomic mass is 9.91. The van der Waals surface area contributed by atoms with Gasteiger partial charge in [0.1, 0.15) is 18.1 Å². The predicted octanol–water partition coefficient (Wildman–Crippen LogP) is 3.24. The maximum atomic E-state index is 14.2. The molecule has 0 heterocycles. The van der Waals surface area contributed by atoms with Crippen molar-refractivity contribution in [1.82, 2.24) is 15.1 Å². The zero-order valence-electron chi connectivity index (χ0n) is 24.7. The van der Waals surface area contributed by atoms with Crippen LogP contribution in [0.5, 0.6) is 0 Å². The Labute approximate surface area is 242 Å². The quantitative estimate of drug-likeness (QED) is 0.226. The van der Waals surface area contributed by atoms with Crippen molar-refractivity contribution in [3.8, 4) is 0 Å². The highest BCUT2D eigenvalue weighted by atomic mass is 19.1. The van der Waals surface area contributed by atoms with E-state index in [0.717, 1.165) is 19.3 Å². The molecule has 0 spiro atoms. The van der Waals surface area contributed by atoms with E-state index in [4.69, 9.17) is 0 Å². The molecule has 8 nitrogen and oxygen atoms in total. The molecule has 0 radical (unpaired) electrons. The van der Waals surface area contributed by atoms with Gasteiger partial charge in [-0.3, -0.25) is 14.5 Å². The molecule has 7 atom stereocenters. The fourth-order valence-electron chi connectivity index (χ4n) is 6.08. The fourth-order valence-corrected chi connectivity index (χ4v) is 6.08. The van der Waals surface area contributed by atoms with E-state index in [1.165, 1.54) is 12.1 Å². The molecular formula is C31H47F2N3O5. The number of amides is 2. The largest absolute Gasteiger partial charge is 0.395 e. The molecular weight excluding hydrogens is 532 g/mol. The van der Waals surface area contributed by atoms with E-state index in [2.05, 4.69) is 5.32 Å². The van der Waals surface area contributed by atoms with Crippen molar-refractivity contribution in [1.29, 1.82) is 0 Å². The van der Waals surface area contributed by atoms with Crippen LogP contribution in [-0.2, 0) is 0 Å². The van der Waals surface area contributed by atoms with E-state index in [1.807, 2.05) is 25.7 Å². The topological polar surface area (TPSA) is 113 Å². The molecule has 0 bridgehead atoms. The second-order valence-electron chi connectivity index (χ2n) is 11.5. The van der Waals surface area contributed by atoms with Gasteiger partial charge in [0.15, 0.2) is 0 Å². The number of benzene rings is 1. The number of nitrogens with zero attached hydrogens (tertiary/aromatic N) is 2.